The third-order valence-corrected chi connectivity index (χ3v) is 8.44. The molecule has 3 aliphatic rings. The molecule has 0 radical (unpaired) electrons. The van der Waals surface area contributed by atoms with E-state index in [-0.39, 0.29) is 23.5 Å². The zero-order valence-electron chi connectivity index (χ0n) is 18.9. The number of aryl methyl sites for hydroxylation is 1. The molecule has 0 amide bonds. The molecule has 1 unspecified atom stereocenters. The van der Waals surface area contributed by atoms with Gasteiger partial charge in [-0.2, -0.15) is 0 Å². The molecule has 4 rings (SSSR count). The van der Waals surface area contributed by atoms with E-state index in [1.807, 2.05) is 6.07 Å². The van der Waals surface area contributed by atoms with Crippen molar-refractivity contribution in [3.8, 4) is 5.75 Å². The highest BCUT2D eigenvalue weighted by molar-refractivity contribution is 5.78. The molecular formula is C27H39FO2. The van der Waals surface area contributed by atoms with E-state index in [2.05, 4.69) is 6.92 Å². The average Bonchev–Trinajstić information content (AvgIpc) is 2.77. The highest BCUT2D eigenvalue weighted by Crippen LogP contribution is 2.43. The molecule has 166 valence electrons. The van der Waals surface area contributed by atoms with Crippen LogP contribution in [0.3, 0.4) is 0 Å². The summed E-state index contributed by atoms with van der Waals surface area (Å²) in [5, 5.41) is 0. The molecule has 30 heavy (non-hydrogen) atoms. The molecule has 2 aliphatic carbocycles. The summed E-state index contributed by atoms with van der Waals surface area (Å²) < 4.78 is 19.6. The van der Waals surface area contributed by atoms with Gasteiger partial charge in [-0.15, -0.1) is 0 Å². The van der Waals surface area contributed by atoms with Crippen LogP contribution in [0.5, 0.6) is 5.75 Å². The fourth-order valence-electron chi connectivity index (χ4n) is 6.46. The van der Waals surface area contributed by atoms with E-state index in [1.165, 1.54) is 64.2 Å². The lowest BCUT2D eigenvalue weighted by molar-refractivity contribution is -0.140. The minimum absolute atomic E-state index is 0.105. The van der Waals surface area contributed by atoms with Gasteiger partial charge in [-0.3, -0.25) is 4.79 Å². The van der Waals surface area contributed by atoms with Crippen molar-refractivity contribution in [2.75, 3.05) is 0 Å². The third kappa shape index (κ3) is 4.92. The second-order valence-electron chi connectivity index (χ2n) is 10.4. The molecular weight excluding hydrogens is 375 g/mol. The molecule has 1 aliphatic heterocycles. The van der Waals surface area contributed by atoms with Gasteiger partial charge in [0.15, 0.2) is 11.6 Å². The number of ether oxygens (including phenoxy) is 1. The van der Waals surface area contributed by atoms with Gasteiger partial charge in [0.05, 0.1) is 5.92 Å². The Morgan fingerprint density at radius 1 is 0.900 bits per heavy atom. The minimum atomic E-state index is -0.374. The summed E-state index contributed by atoms with van der Waals surface area (Å²) in [6, 6.07) is 3.72. The van der Waals surface area contributed by atoms with Crippen LogP contribution in [0.4, 0.5) is 4.39 Å². The Morgan fingerprint density at radius 3 is 2.10 bits per heavy atom. The van der Waals surface area contributed by atoms with Crippen molar-refractivity contribution >= 4 is 5.97 Å². The summed E-state index contributed by atoms with van der Waals surface area (Å²) in [5.41, 5.74) is 1.39. The Hall–Kier alpha value is -1.38. The molecule has 0 saturated heterocycles. The number of carbonyl (C=O) groups is 1. The van der Waals surface area contributed by atoms with Crippen molar-refractivity contribution < 1.29 is 13.9 Å². The number of benzene rings is 1. The lowest BCUT2D eigenvalue weighted by atomic mass is 9.68. The molecule has 0 spiro atoms. The fourth-order valence-corrected chi connectivity index (χ4v) is 6.46. The summed E-state index contributed by atoms with van der Waals surface area (Å²) in [6.07, 6.45) is 16.7. The van der Waals surface area contributed by atoms with E-state index >= 15 is 0 Å². The number of rotatable bonds is 6. The van der Waals surface area contributed by atoms with Crippen molar-refractivity contribution in [1.82, 2.24) is 0 Å². The predicted molar refractivity (Wildman–Crippen MR) is 119 cm³/mol. The smallest absolute Gasteiger partial charge is 0.314 e. The van der Waals surface area contributed by atoms with E-state index in [9.17, 15) is 9.18 Å². The SMILES string of the molecule is CCCC1CCC(C2CCC(CCC3Cc4ccc(C)c(F)c4OC3=O)CC2)CC1. The number of halogens is 1. The molecule has 0 N–H and O–H groups in total. The Morgan fingerprint density at radius 2 is 1.50 bits per heavy atom. The predicted octanol–water partition coefficient (Wildman–Crippen LogP) is 7.40. The van der Waals surface area contributed by atoms with Crippen LogP contribution in [0.1, 0.15) is 95.1 Å². The number of carbonyl (C=O) groups excluding carboxylic acids is 1. The monoisotopic (exact) mass is 414 g/mol. The van der Waals surface area contributed by atoms with Gasteiger partial charge in [0, 0.05) is 0 Å². The molecule has 0 bridgehead atoms. The van der Waals surface area contributed by atoms with E-state index in [1.54, 1.807) is 13.0 Å². The van der Waals surface area contributed by atoms with Crippen LogP contribution < -0.4 is 4.74 Å². The minimum Gasteiger partial charge on any atom is -0.423 e. The van der Waals surface area contributed by atoms with E-state index in [4.69, 9.17) is 4.74 Å². The lowest BCUT2D eigenvalue weighted by Crippen LogP contribution is -2.30. The first-order valence-corrected chi connectivity index (χ1v) is 12.5. The van der Waals surface area contributed by atoms with Gasteiger partial charge in [-0.25, -0.2) is 4.39 Å². The Bertz CT molecular complexity index is 727. The Labute approximate surface area is 182 Å². The van der Waals surface area contributed by atoms with E-state index in [0.29, 0.717) is 12.0 Å². The zero-order valence-corrected chi connectivity index (χ0v) is 18.9. The molecule has 2 nitrogen and oxygen atoms in total. The van der Waals surface area contributed by atoms with Gasteiger partial charge < -0.3 is 4.74 Å². The van der Waals surface area contributed by atoms with Gasteiger partial charge >= 0.3 is 5.97 Å². The number of esters is 1. The van der Waals surface area contributed by atoms with Crippen molar-refractivity contribution in [3.63, 3.8) is 0 Å². The quantitative estimate of drug-likeness (QED) is 0.358. The summed E-state index contributed by atoms with van der Waals surface area (Å²) in [7, 11) is 0. The van der Waals surface area contributed by atoms with Gasteiger partial charge in [0.1, 0.15) is 0 Å². The van der Waals surface area contributed by atoms with Gasteiger partial charge in [-0.1, -0.05) is 57.6 Å². The topological polar surface area (TPSA) is 26.3 Å². The van der Waals surface area contributed by atoms with E-state index < -0.39 is 0 Å². The maximum atomic E-state index is 14.2. The molecule has 1 heterocycles. The first-order valence-electron chi connectivity index (χ1n) is 12.5. The van der Waals surface area contributed by atoms with Crippen molar-refractivity contribution in [3.05, 3.63) is 29.1 Å². The molecule has 2 saturated carbocycles. The molecule has 1 atom stereocenters. The first-order chi connectivity index (χ1) is 14.5. The molecule has 3 heteroatoms. The highest BCUT2D eigenvalue weighted by atomic mass is 19.1. The number of fused-ring (bicyclic) bond motifs is 1. The summed E-state index contributed by atoms with van der Waals surface area (Å²) in [6.45, 7) is 4.03. The molecule has 1 aromatic carbocycles. The van der Waals surface area contributed by atoms with Gasteiger partial charge in [0.25, 0.3) is 0 Å². The Balaban J connectivity index is 1.22. The number of hydrogen-bond acceptors (Lipinski definition) is 2. The van der Waals surface area contributed by atoms with Crippen molar-refractivity contribution in [2.24, 2.45) is 29.6 Å². The van der Waals surface area contributed by atoms with Crippen LogP contribution in [0, 0.1) is 42.3 Å². The molecule has 0 aromatic heterocycles. The normalized spacial score (nSPS) is 31.8. The molecule has 2 fully saturated rings. The van der Waals surface area contributed by atoms with Crippen LogP contribution >= 0.6 is 0 Å². The maximum absolute atomic E-state index is 14.2. The summed E-state index contributed by atoms with van der Waals surface area (Å²) in [4.78, 5) is 12.4. The third-order valence-electron chi connectivity index (χ3n) is 8.44. The van der Waals surface area contributed by atoms with Gasteiger partial charge in [-0.05, 0) is 86.7 Å². The standard InChI is InChI=1S/C27H39FO2/c1-3-4-19-6-12-21(13-7-19)22-14-8-20(9-15-22)10-16-24-17-23-11-5-18(2)25(28)26(23)30-27(24)29/h5,11,19-22,24H,3-4,6-10,12-17H2,1-2H3. The second-order valence-corrected chi connectivity index (χ2v) is 10.4. The lowest BCUT2D eigenvalue weighted by Gasteiger charge is -2.38. The van der Waals surface area contributed by atoms with Crippen LogP contribution in [0.2, 0.25) is 0 Å². The second kappa shape index (κ2) is 9.83. The van der Waals surface area contributed by atoms with Crippen LogP contribution in [0.15, 0.2) is 12.1 Å². The van der Waals surface area contributed by atoms with Crippen molar-refractivity contribution in [2.45, 2.75) is 97.3 Å². The summed E-state index contributed by atoms with van der Waals surface area (Å²) in [5.74, 6) is 3.13. The van der Waals surface area contributed by atoms with Crippen LogP contribution in [0.25, 0.3) is 0 Å². The number of hydrogen-bond donors (Lipinski definition) is 0. The fraction of sp³-hybridized carbons (Fsp3) is 0.741. The van der Waals surface area contributed by atoms with Crippen molar-refractivity contribution in [1.29, 1.82) is 0 Å². The van der Waals surface area contributed by atoms with Gasteiger partial charge in [0.2, 0.25) is 0 Å². The summed E-state index contributed by atoms with van der Waals surface area (Å²) >= 11 is 0. The maximum Gasteiger partial charge on any atom is 0.314 e. The van der Waals surface area contributed by atoms with E-state index in [0.717, 1.165) is 42.1 Å². The van der Waals surface area contributed by atoms with Crippen LogP contribution in [-0.2, 0) is 11.2 Å². The largest absolute Gasteiger partial charge is 0.423 e. The Kier molecular flexibility index (Phi) is 7.16. The highest BCUT2D eigenvalue weighted by Gasteiger charge is 2.33. The van der Waals surface area contributed by atoms with Crippen LogP contribution in [-0.4, -0.2) is 5.97 Å². The zero-order chi connectivity index (χ0) is 21.1. The molecule has 1 aromatic rings. The average molecular weight is 415 g/mol. The first kappa shape index (κ1) is 21.8.